The summed E-state index contributed by atoms with van der Waals surface area (Å²) < 4.78 is 23.6. The van der Waals surface area contributed by atoms with Crippen molar-refractivity contribution in [2.75, 3.05) is 13.2 Å². The first kappa shape index (κ1) is 8.94. The molecule has 0 amide bonds. The Morgan fingerprint density at radius 1 is 1.31 bits per heavy atom. The molecule has 70 valence electrons. The van der Waals surface area contributed by atoms with E-state index in [1.165, 1.54) is 6.07 Å². The summed E-state index contributed by atoms with van der Waals surface area (Å²) >= 11 is 5.81. The summed E-state index contributed by atoms with van der Waals surface area (Å²) in [5.41, 5.74) is 0.293. The van der Waals surface area contributed by atoms with E-state index in [2.05, 4.69) is 0 Å². The number of halogens is 2. The Labute approximate surface area is 80.2 Å². The quantitative estimate of drug-likeness (QED) is 0.697. The van der Waals surface area contributed by atoms with E-state index in [4.69, 9.17) is 21.1 Å². The molecule has 1 saturated heterocycles. The first-order chi connectivity index (χ1) is 6.29. The molecule has 0 N–H and O–H groups in total. The van der Waals surface area contributed by atoms with E-state index in [1.807, 2.05) is 0 Å². The Morgan fingerprint density at radius 3 is 2.62 bits per heavy atom. The highest BCUT2D eigenvalue weighted by atomic mass is 35.5. The standard InChI is InChI=1S/C9H8ClFO2/c10-6-2-1-3-7(11)8(6)9-12-4-5-13-9/h1-3,9H,4-5H2. The van der Waals surface area contributed by atoms with Crippen LogP contribution in [0.25, 0.3) is 0 Å². The van der Waals surface area contributed by atoms with Crippen LogP contribution in [0.15, 0.2) is 18.2 Å². The molecule has 1 aromatic rings. The first-order valence-corrected chi connectivity index (χ1v) is 4.34. The van der Waals surface area contributed by atoms with E-state index >= 15 is 0 Å². The van der Waals surface area contributed by atoms with E-state index in [1.54, 1.807) is 12.1 Å². The van der Waals surface area contributed by atoms with Crippen LogP contribution in [0.3, 0.4) is 0 Å². The van der Waals surface area contributed by atoms with Crippen molar-refractivity contribution in [3.8, 4) is 0 Å². The molecular formula is C9H8ClFO2. The minimum absolute atomic E-state index is 0.293. The second-order valence-corrected chi connectivity index (χ2v) is 3.12. The van der Waals surface area contributed by atoms with Gasteiger partial charge in [-0.2, -0.15) is 0 Å². The molecule has 4 heteroatoms. The van der Waals surface area contributed by atoms with Crippen molar-refractivity contribution in [3.63, 3.8) is 0 Å². The lowest BCUT2D eigenvalue weighted by molar-refractivity contribution is -0.0463. The molecule has 1 fully saturated rings. The molecule has 0 atom stereocenters. The van der Waals surface area contributed by atoms with Crippen LogP contribution in [0.2, 0.25) is 5.02 Å². The zero-order valence-corrected chi connectivity index (χ0v) is 7.55. The molecule has 2 nitrogen and oxygen atoms in total. The number of hydrogen-bond donors (Lipinski definition) is 0. The lowest BCUT2D eigenvalue weighted by Gasteiger charge is -2.11. The monoisotopic (exact) mass is 202 g/mol. The predicted molar refractivity (Wildman–Crippen MR) is 46.1 cm³/mol. The molecule has 13 heavy (non-hydrogen) atoms. The summed E-state index contributed by atoms with van der Waals surface area (Å²) in [5, 5.41) is 0.340. The van der Waals surface area contributed by atoms with Crippen LogP contribution in [-0.2, 0) is 9.47 Å². The number of hydrogen-bond acceptors (Lipinski definition) is 2. The second kappa shape index (κ2) is 3.62. The van der Waals surface area contributed by atoms with Crippen LogP contribution in [0.1, 0.15) is 11.9 Å². The third kappa shape index (κ3) is 1.68. The minimum atomic E-state index is -0.645. The smallest absolute Gasteiger partial charge is 0.188 e. The van der Waals surface area contributed by atoms with E-state index in [9.17, 15) is 4.39 Å². The SMILES string of the molecule is Fc1cccc(Cl)c1C1OCCO1. The van der Waals surface area contributed by atoms with Gasteiger partial charge in [0.1, 0.15) is 5.82 Å². The van der Waals surface area contributed by atoms with Gasteiger partial charge in [-0.3, -0.25) is 0 Å². The van der Waals surface area contributed by atoms with Crippen LogP contribution in [-0.4, -0.2) is 13.2 Å². The van der Waals surface area contributed by atoms with Gasteiger partial charge in [-0.25, -0.2) is 4.39 Å². The van der Waals surface area contributed by atoms with Gasteiger partial charge in [-0.1, -0.05) is 17.7 Å². The average molecular weight is 203 g/mol. The Hall–Kier alpha value is -0.640. The highest BCUT2D eigenvalue weighted by Crippen LogP contribution is 2.31. The molecule has 0 bridgehead atoms. The van der Waals surface area contributed by atoms with Crippen molar-refractivity contribution in [1.82, 2.24) is 0 Å². The topological polar surface area (TPSA) is 18.5 Å². The fraction of sp³-hybridized carbons (Fsp3) is 0.333. The van der Waals surface area contributed by atoms with Crippen LogP contribution < -0.4 is 0 Å². The fourth-order valence-electron chi connectivity index (χ4n) is 1.26. The summed E-state index contributed by atoms with van der Waals surface area (Å²) in [6, 6.07) is 4.51. The van der Waals surface area contributed by atoms with Crippen molar-refractivity contribution < 1.29 is 13.9 Å². The molecule has 0 aliphatic carbocycles. The summed E-state index contributed by atoms with van der Waals surface area (Å²) in [6.45, 7) is 0.963. The van der Waals surface area contributed by atoms with Gasteiger partial charge in [-0.15, -0.1) is 0 Å². The Bertz CT molecular complexity index is 290. The van der Waals surface area contributed by atoms with Gasteiger partial charge >= 0.3 is 0 Å². The lowest BCUT2D eigenvalue weighted by Crippen LogP contribution is -2.02. The maximum absolute atomic E-state index is 13.3. The predicted octanol–water partition coefficient (Wildman–Crippen LogP) is 2.52. The third-order valence-corrected chi connectivity index (χ3v) is 2.19. The number of ether oxygens (including phenoxy) is 2. The lowest BCUT2D eigenvalue weighted by atomic mass is 10.2. The van der Waals surface area contributed by atoms with Crippen LogP contribution in [0.4, 0.5) is 4.39 Å². The van der Waals surface area contributed by atoms with Gasteiger partial charge in [0.2, 0.25) is 0 Å². The zero-order valence-electron chi connectivity index (χ0n) is 6.80. The van der Waals surface area contributed by atoms with Gasteiger partial charge in [0.25, 0.3) is 0 Å². The Morgan fingerprint density at radius 2 is 2.00 bits per heavy atom. The van der Waals surface area contributed by atoms with Gasteiger partial charge in [0.15, 0.2) is 6.29 Å². The van der Waals surface area contributed by atoms with Crippen molar-refractivity contribution in [2.45, 2.75) is 6.29 Å². The largest absolute Gasteiger partial charge is 0.346 e. The molecule has 0 saturated carbocycles. The van der Waals surface area contributed by atoms with Crippen LogP contribution in [0, 0.1) is 5.82 Å². The fourth-order valence-corrected chi connectivity index (χ4v) is 1.51. The van der Waals surface area contributed by atoms with Crippen molar-refractivity contribution in [1.29, 1.82) is 0 Å². The molecular weight excluding hydrogens is 195 g/mol. The maximum Gasteiger partial charge on any atom is 0.188 e. The highest BCUT2D eigenvalue weighted by molar-refractivity contribution is 6.31. The van der Waals surface area contributed by atoms with Crippen molar-refractivity contribution in [3.05, 3.63) is 34.6 Å². The summed E-state index contributed by atoms with van der Waals surface area (Å²) in [7, 11) is 0. The maximum atomic E-state index is 13.3. The molecule has 1 aliphatic rings. The average Bonchev–Trinajstić information content (AvgIpc) is 2.57. The van der Waals surface area contributed by atoms with E-state index < -0.39 is 6.29 Å². The molecule has 2 rings (SSSR count). The molecule has 1 aromatic carbocycles. The third-order valence-electron chi connectivity index (χ3n) is 1.86. The van der Waals surface area contributed by atoms with Crippen LogP contribution in [0.5, 0.6) is 0 Å². The zero-order chi connectivity index (χ0) is 9.26. The molecule has 0 aromatic heterocycles. The Kier molecular flexibility index (Phi) is 2.49. The van der Waals surface area contributed by atoms with Gasteiger partial charge in [0, 0.05) is 0 Å². The van der Waals surface area contributed by atoms with Crippen molar-refractivity contribution in [2.24, 2.45) is 0 Å². The van der Waals surface area contributed by atoms with Crippen molar-refractivity contribution >= 4 is 11.6 Å². The summed E-state index contributed by atoms with van der Waals surface area (Å²) in [5.74, 6) is -0.389. The van der Waals surface area contributed by atoms with E-state index in [0.717, 1.165) is 0 Å². The number of rotatable bonds is 1. The Balaban J connectivity index is 2.37. The normalized spacial score (nSPS) is 18.0. The minimum Gasteiger partial charge on any atom is -0.346 e. The summed E-state index contributed by atoms with van der Waals surface area (Å²) in [6.07, 6.45) is -0.645. The van der Waals surface area contributed by atoms with Gasteiger partial charge < -0.3 is 9.47 Å². The number of benzene rings is 1. The van der Waals surface area contributed by atoms with E-state index in [0.29, 0.717) is 23.8 Å². The molecule has 0 radical (unpaired) electrons. The second-order valence-electron chi connectivity index (χ2n) is 2.71. The molecule has 0 spiro atoms. The van der Waals surface area contributed by atoms with Crippen LogP contribution >= 0.6 is 11.6 Å². The summed E-state index contributed by atoms with van der Waals surface area (Å²) in [4.78, 5) is 0. The van der Waals surface area contributed by atoms with Gasteiger partial charge in [-0.05, 0) is 12.1 Å². The van der Waals surface area contributed by atoms with Gasteiger partial charge in [0.05, 0.1) is 23.8 Å². The highest BCUT2D eigenvalue weighted by Gasteiger charge is 2.23. The van der Waals surface area contributed by atoms with E-state index in [-0.39, 0.29) is 5.82 Å². The molecule has 1 aliphatic heterocycles. The molecule has 0 unspecified atom stereocenters. The first-order valence-electron chi connectivity index (χ1n) is 3.96. The molecule has 1 heterocycles.